The molecule has 6 nitrogen and oxygen atoms in total. The molecule has 3 atom stereocenters. The average molecular weight is 904 g/mol. The SMILES string of the molecule is CC/C=C/C/C=C/C/C=C/C/C=C/C/C=C/C(CC(=O)NC(CO)C(O)CCCCCCCCCCCCCCCCC)OC(=O)CCCCCC/C=C\C/C=C\C/C=C\CCCCC. The van der Waals surface area contributed by atoms with E-state index in [9.17, 15) is 19.8 Å². The zero-order valence-electron chi connectivity index (χ0n) is 42.3. The lowest BCUT2D eigenvalue weighted by Gasteiger charge is -2.23. The number of allylic oxidation sites excluding steroid dienone is 15. The summed E-state index contributed by atoms with van der Waals surface area (Å²) >= 11 is 0. The number of hydrogen-bond donors (Lipinski definition) is 3. The first-order chi connectivity index (χ1) is 32.0. The Morgan fingerprint density at radius 1 is 0.477 bits per heavy atom. The Balaban J connectivity index is 4.74. The number of aliphatic hydroxyl groups is 2. The number of carbonyl (C=O) groups is 2. The van der Waals surface area contributed by atoms with Crippen molar-refractivity contribution in [3.63, 3.8) is 0 Å². The molecule has 0 aromatic rings. The molecule has 0 heterocycles. The average Bonchev–Trinajstić information content (AvgIpc) is 3.30. The molecule has 0 aliphatic rings. The molecule has 372 valence electrons. The summed E-state index contributed by atoms with van der Waals surface area (Å²) in [6, 6.07) is -0.752. The van der Waals surface area contributed by atoms with E-state index in [-0.39, 0.29) is 24.9 Å². The molecule has 0 bridgehead atoms. The van der Waals surface area contributed by atoms with Crippen LogP contribution in [0, 0.1) is 0 Å². The van der Waals surface area contributed by atoms with Gasteiger partial charge in [0.15, 0.2) is 0 Å². The highest BCUT2D eigenvalue weighted by atomic mass is 16.5. The van der Waals surface area contributed by atoms with Crippen LogP contribution < -0.4 is 5.32 Å². The van der Waals surface area contributed by atoms with Gasteiger partial charge in [-0.1, -0.05) is 234 Å². The fourth-order valence-corrected chi connectivity index (χ4v) is 7.57. The molecular weight excluding hydrogens is 803 g/mol. The number of ether oxygens (including phenoxy) is 1. The molecule has 0 spiro atoms. The van der Waals surface area contributed by atoms with E-state index in [1.165, 1.54) is 103 Å². The van der Waals surface area contributed by atoms with Crippen molar-refractivity contribution in [2.45, 2.75) is 257 Å². The number of hydrogen-bond acceptors (Lipinski definition) is 5. The van der Waals surface area contributed by atoms with E-state index in [4.69, 9.17) is 4.74 Å². The first-order valence-corrected chi connectivity index (χ1v) is 27.0. The van der Waals surface area contributed by atoms with Gasteiger partial charge in [0.2, 0.25) is 5.91 Å². The molecule has 65 heavy (non-hydrogen) atoms. The minimum atomic E-state index is -0.828. The number of esters is 1. The Labute approximate surface area is 401 Å². The van der Waals surface area contributed by atoms with Crippen molar-refractivity contribution in [2.75, 3.05) is 6.61 Å². The van der Waals surface area contributed by atoms with Gasteiger partial charge in [0.1, 0.15) is 6.10 Å². The van der Waals surface area contributed by atoms with Crippen molar-refractivity contribution >= 4 is 11.9 Å². The molecule has 0 aliphatic carbocycles. The maximum atomic E-state index is 13.2. The molecule has 0 saturated heterocycles. The summed E-state index contributed by atoms with van der Waals surface area (Å²) in [5, 5.41) is 23.8. The molecule has 0 aromatic carbocycles. The van der Waals surface area contributed by atoms with Gasteiger partial charge in [0.25, 0.3) is 0 Å². The van der Waals surface area contributed by atoms with Gasteiger partial charge in [-0.05, 0) is 89.5 Å². The fourth-order valence-electron chi connectivity index (χ4n) is 7.57. The number of rotatable bonds is 47. The first kappa shape index (κ1) is 61.8. The minimum absolute atomic E-state index is 0.0596. The molecule has 1 amide bonds. The first-order valence-electron chi connectivity index (χ1n) is 27.0. The molecule has 3 N–H and O–H groups in total. The Kier molecular flexibility index (Phi) is 49.2. The van der Waals surface area contributed by atoms with Crippen LogP contribution in [0.25, 0.3) is 0 Å². The number of unbranched alkanes of at least 4 members (excludes halogenated alkanes) is 21. The molecule has 0 saturated carbocycles. The fraction of sp³-hybridized carbons (Fsp3) is 0.695. The summed E-state index contributed by atoms with van der Waals surface area (Å²) in [6.07, 6.45) is 69.2. The highest BCUT2D eigenvalue weighted by Gasteiger charge is 2.23. The summed E-state index contributed by atoms with van der Waals surface area (Å²) in [5.41, 5.74) is 0. The van der Waals surface area contributed by atoms with E-state index < -0.39 is 18.2 Å². The van der Waals surface area contributed by atoms with Crippen LogP contribution in [0.1, 0.15) is 239 Å². The van der Waals surface area contributed by atoms with E-state index in [0.29, 0.717) is 19.3 Å². The topological polar surface area (TPSA) is 95.9 Å². The minimum Gasteiger partial charge on any atom is -0.458 e. The van der Waals surface area contributed by atoms with Crippen LogP contribution >= 0.6 is 0 Å². The van der Waals surface area contributed by atoms with E-state index in [1.807, 2.05) is 6.08 Å². The summed E-state index contributed by atoms with van der Waals surface area (Å²) in [7, 11) is 0. The van der Waals surface area contributed by atoms with Crippen LogP contribution in [0.5, 0.6) is 0 Å². The van der Waals surface area contributed by atoms with Crippen molar-refractivity contribution < 1.29 is 24.5 Å². The zero-order chi connectivity index (χ0) is 47.4. The Morgan fingerprint density at radius 3 is 1.34 bits per heavy atom. The van der Waals surface area contributed by atoms with Crippen LogP contribution in [0.15, 0.2) is 97.2 Å². The van der Waals surface area contributed by atoms with Crippen molar-refractivity contribution in [3.05, 3.63) is 97.2 Å². The smallest absolute Gasteiger partial charge is 0.306 e. The summed E-state index contributed by atoms with van der Waals surface area (Å²) in [5.74, 6) is -0.658. The second-order valence-corrected chi connectivity index (χ2v) is 17.9. The van der Waals surface area contributed by atoms with Gasteiger partial charge in [-0.3, -0.25) is 9.59 Å². The van der Waals surface area contributed by atoms with Crippen LogP contribution in [0.3, 0.4) is 0 Å². The van der Waals surface area contributed by atoms with E-state index >= 15 is 0 Å². The zero-order valence-corrected chi connectivity index (χ0v) is 42.3. The van der Waals surface area contributed by atoms with Crippen LogP contribution in [-0.4, -0.2) is 46.9 Å². The highest BCUT2D eigenvalue weighted by molar-refractivity contribution is 5.78. The number of nitrogens with one attached hydrogen (secondary N) is 1. The second-order valence-electron chi connectivity index (χ2n) is 17.9. The molecule has 3 unspecified atom stereocenters. The van der Waals surface area contributed by atoms with Crippen molar-refractivity contribution in [1.29, 1.82) is 0 Å². The van der Waals surface area contributed by atoms with Gasteiger partial charge in [0, 0.05) is 6.42 Å². The summed E-state index contributed by atoms with van der Waals surface area (Å²) < 4.78 is 5.82. The monoisotopic (exact) mass is 904 g/mol. The molecule has 0 rings (SSSR count). The van der Waals surface area contributed by atoms with Gasteiger partial charge in [-0.25, -0.2) is 0 Å². The quantitative estimate of drug-likeness (QED) is 0.0321. The van der Waals surface area contributed by atoms with Crippen LogP contribution in [0.2, 0.25) is 0 Å². The third-order valence-corrected chi connectivity index (χ3v) is 11.6. The molecule has 0 radical (unpaired) electrons. The van der Waals surface area contributed by atoms with Crippen molar-refractivity contribution in [2.24, 2.45) is 0 Å². The molecule has 0 aliphatic heterocycles. The van der Waals surface area contributed by atoms with Crippen molar-refractivity contribution in [3.8, 4) is 0 Å². The highest BCUT2D eigenvalue weighted by Crippen LogP contribution is 2.16. The second kappa shape index (κ2) is 51.8. The lowest BCUT2D eigenvalue weighted by Crippen LogP contribution is -2.46. The summed E-state index contributed by atoms with van der Waals surface area (Å²) in [4.78, 5) is 26.1. The maximum absolute atomic E-state index is 13.2. The third kappa shape index (κ3) is 47.1. The van der Waals surface area contributed by atoms with Gasteiger partial charge < -0.3 is 20.3 Å². The summed E-state index contributed by atoms with van der Waals surface area (Å²) in [6.45, 7) is 6.30. The van der Waals surface area contributed by atoms with E-state index in [0.717, 1.165) is 89.9 Å². The molecule has 6 heteroatoms. The van der Waals surface area contributed by atoms with Crippen LogP contribution in [0.4, 0.5) is 0 Å². The predicted octanol–water partition coefficient (Wildman–Crippen LogP) is 16.5. The number of amides is 1. The normalized spacial score (nSPS) is 14.0. The number of aliphatic hydroxyl groups excluding tert-OH is 2. The largest absolute Gasteiger partial charge is 0.458 e. The lowest BCUT2D eigenvalue weighted by atomic mass is 10.0. The predicted molar refractivity (Wildman–Crippen MR) is 282 cm³/mol. The van der Waals surface area contributed by atoms with Gasteiger partial charge in [-0.2, -0.15) is 0 Å². The van der Waals surface area contributed by atoms with Gasteiger partial charge >= 0.3 is 5.97 Å². The molecule has 0 fully saturated rings. The molecular formula is C59H101NO5. The maximum Gasteiger partial charge on any atom is 0.306 e. The Bertz CT molecular complexity index is 1290. The van der Waals surface area contributed by atoms with Gasteiger partial charge in [0.05, 0.1) is 25.2 Å². The lowest BCUT2D eigenvalue weighted by molar-refractivity contribution is -0.148. The third-order valence-electron chi connectivity index (χ3n) is 11.6. The van der Waals surface area contributed by atoms with Gasteiger partial charge in [-0.15, -0.1) is 0 Å². The van der Waals surface area contributed by atoms with Crippen LogP contribution in [-0.2, 0) is 14.3 Å². The Hall–Kier alpha value is -3.22. The van der Waals surface area contributed by atoms with E-state index in [2.05, 4.69) is 111 Å². The van der Waals surface area contributed by atoms with E-state index in [1.54, 1.807) is 6.08 Å². The number of carbonyl (C=O) groups excluding carboxylic acids is 2. The molecule has 0 aromatic heterocycles. The van der Waals surface area contributed by atoms with Crippen molar-refractivity contribution in [1.82, 2.24) is 5.32 Å². The standard InChI is InChI=1S/C59H101NO5/c1-4-7-10-13-16-19-22-25-28-29-31-34-37-40-43-46-49-52-59(64)65-55(50-47-44-41-38-35-32-27-24-21-18-15-12-9-6-3)53-58(63)60-56(54-61)57(62)51-48-45-42-39-36-33-30-26-23-20-17-14-11-8-5-2/h9,12,16,18-19,21,25,27-28,31-32,34,38,41,47,50,55-57,61-62H,4-8,10-11,13-15,17,20,22-24,26,29-30,33,35-37,39-40,42-46,48-49,51-54H2,1-3H3,(H,60,63)/b12-9+,19-16-,21-18+,28-25-,32-27+,34-31-,41-38+,50-47+. The Morgan fingerprint density at radius 2 is 0.862 bits per heavy atom.